The zero-order valence-electron chi connectivity index (χ0n) is 13.3. The highest BCUT2D eigenvalue weighted by molar-refractivity contribution is 8.23. The number of likely N-dealkylation sites (tertiary alicyclic amines) is 1. The van der Waals surface area contributed by atoms with Crippen LogP contribution in [0.3, 0.4) is 0 Å². The van der Waals surface area contributed by atoms with Gasteiger partial charge < -0.3 is 15.0 Å². The van der Waals surface area contributed by atoms with Gasteiger partial charge in [0, 0.05) is 18.8 Å². The first-order valence-corrected chi connectivity index (χ1v) is 9.10. The summed E-state index contributed by atoms with van der Waals surface area (Å²) >= 11 is 6.72. The Morgan fingerprint density at radius 3 is 2.58 bits per heavy atom. The highest BCUT2D eigenvalue weighted by Crippen LogP contribution is 2.21. The Morgan fingerprint density at radius 2 is 2.00 bits per heavy atom. The Balaban J connectivity index is 1.73. The van der Waals surface area contributed by atoms with Crippen LogP contribution < -0.4 is 10.1 Å². The lowest BCUT2D eigenvalue weighted by molar-refractivity contribution is -0.113. The lowest BCUT2D eigenvalue weighted by Crippen LogP contribution is -2.36. The van der Waals surface area contributed by atoms with Gasteiger partial charge in [0.2, 0.25) is 5.91 Å². The molecule has 1 heterocycles. The first-order chi connectivity index (χ1) is 11.4. The van der Waals surface area contributed by atoms with E-state index in [1.54, 1.807) is 0 Å². The molecule has 0 bridgehead atoms. The smallest absolute Gasteiger partial charge is 0.387 e. The van der Waals surface area contributed by atoms with Gasteiger partial charge in [0.25, 0.3) is 0 Å². The van der Waals surface area contributed by atoms with Crippen LogP contribution in [0.15, 0.2) is 24.3 Å². The van der Waals surface area contributed by atoms with Crippen molar-refractivity contribution in [1.29, 1.82) is 0 Å². The average molecular weight is 374 g/mol. The normalized spacial score (nSPS) is 15.4. The van der Waals surface area contributed by atoms with Crippen molar-refractivity contribution in [2.24, 2.45) is 5.92 Å². The second-order valence-corrected chi connectivity index (χ2v) is 7.28. The summed E-state index contributed by atoms with van der Waals surface area (Å²) in [7, 11) is 0. The van der Waals surface area contributed by atoms with Gasteiger partial charge in [-0.05, 0) is 43.0 Å². The number of ether oxygens (including phenoxy) is 1. The monoisotopic (exact) mass is 374 g/mol. The minimum Gasteiger partial charge on any atom is -0.435 e. The standard InChI is InChI=1S/C16H20F2N2O2S2/c1-11-6-8-20(9-7-11)16(23)24-10-14(21)19-12-2-4-13(5-3-12)22-15(17)18/h2-5,11,15H,6-10H2,1H3,(H,19,21). The number of carbonyl (C=O) groups excluding carboxylic acids is 1. The molecule has 132 valence electrons. The minimum atomic E-state index is -2.86. The van der Waals surface area contributed by atoms with E-state index >= 15 is 0 Å². The second kappa shape index (κ2) is 9.17. The van der Waals surface area contributed by atoms with E-state index in [1.165, 1.54) is 36.0 Å². The SMILES string of the molecule is CC1CCN(C(=S)SCC(=O)Nc2ccc(OC(F)F)cc2)CC1. The van der Waals surface area contributed by atoms with Gasteiger partial charge in [0.1, 0.15) is 10.1 Å². The van der Waals surface area contributed by atoms with Gasteiger partial charge in [0.15, 0.2) is 0 Å². The quantitative estimate of drug-likeness (QED) is 0.790. The van der Waals surface area contributed by atoms with Crippen LogP contribution in [0.2, 0.25) is 0 Å². The van der Waals surface area contributed by atoms with Crippen molar-refractivity contribution in [3.63, 3.8) is 0 Å². The number of halogens is 2. The van der Waals surface area contributed by atoms with Gasteiger partial charge in [-0.1, -0.05) is 30.9 Å². The third-order valence-corrected chi connectivity index (χ3v) is 5.26. The molecule has 0 aliphatic carbocycles. The van der Waals surface area contributed by atoms with Crippen LogP contribution in [0, 0.1) is 5.92 Å². The van der Waals surface area contributed by atoms with Crippen molar-refractivity contribution >= 4 is 39.9 Å². The number of hydrogen-bond acceptors (Lipinski definition) is 4. The van der Waals surface area contributed by atoms with Crippen molar-refractivity contribution in [2.75, 3.05) is 24.2 Å². The number of carbonyl (C=O) groups is 1. The number of rotatable bonds is 5. The van der Waals surface area contributed by atoms with Gasteiger partial charge >= 0.3 is 6.61 Å². The number of amides is 1. The van der Waals surface area contributed by atoms with Crippen molar-refractivity contribution in [3.8, 4) is 5.75 Å². The van der Waals surface area contributed by atoms with Gasteiger partial charge in [-0.25, -0.2) is 0 Å². The van der Waals surface area contributed by atoms with E-state index < -0.39 is 6.61 Å². The Hall–Kier alpha value is -1.41. The Morgan fingerprint density at radius 1 is 1.38 bits per heavy atom. The first kappa shape index (κ1) is 18.9. The van der Waals surface area contributed by atoms with E-state index in [-0.39, 0.29) is 17.4 Å². The number of nitrogens with one attached hydrogen (secondary N) is 1. The van der Waals surface area contributed by atoms with Crippen molar-refractivity contribution in [1.82, 2.24) is 4.90 Å². The third-order valence-electron chi connectivity index (χ3n) is 3.73. The van der Waals surface area contributed by atoms with Gasteiger partial charge in [-0.3, -0.25) is 4.79 Å². The molecule has 8 heteroatoms. The number of anilines is 1. The number of piperidine rings is 1. The largest absolute Gasteiger partial charge is 0.435 e. The van der Waals surface area contributed by atoms with Crippen LogP contribution >= 0.6 is 24.0 Å². The molecule has 1 aromatic rings. The van der Waals surface area contributed by atoms with E-state index in [2.05, 4.69) is 21.9 Å². The average Bonchev–Trinajstić information content (AvgIpc) is 2.54. The summed E-state index contributed by atoms with van der Waals surface area (Å²) in [5.41, 5.74) is 0.528. The lowest BCUT2D eigenvalue weighted by atomic mass is 10.00. The molecule has 0 unspecified atom stereocenters. The molecule has 1 aliphatic rings. The fourth-order valence-electron chi connectivity index (χ4n) is 2.33. The van der Waals surface area contributed by atoms with Crippen LogP contribution in [0.4, 0.5) is 14.5 Å². The summed E-state index contributed by atoms with van der Waals surface area (Å²) < 4.78 is 29.1. The second-order valence-electron chi connectivity index (χ2n) is 5.68. The molecule has 1 amide bonds. The van der Waals surface area contributed by atoms with Crippen LogP contribution in [-0.2, 0) is 4.79 Å². The molecule has 0 saturated carbocycles. The number of hydrogen-bond donors (Lipinski definition) is 1. The number of benzene rings is 1. The highest BCUT2D eigenvalue weighted by Gasteiger charge is 2.18. The van der Waals surface area contributed by atoms with E-state index in [4.69, 9.17) is 12.2 Å². The fraction of sp³-hybridized carbons (Fsp3) is 0.500. The molecular weight excluding hydrogens is 354 g/mol. The molecule has 2 rings (SSSR count). The molecule has 0 aromatic heterocycles. The van der Waals surface area contributed by atoms with Crippen LogP contribution in [0.1, 0.15) is 19.8 Å². The number of alkyl halides is 2. The van der Waals surface area contributed by atoms with E-state index in [0.29, 0.717) is 5.69 Å². The predicted molar refractivity (Wildman–Crippen MR) is 96.7 cm³/mol. The molecule has 4 nitrogen and oxygen atoms in total. The van der Waals surface area contributed by atoms with E-state index in [0.717, 1.165) is 36.2 Å². The molecule has 1 saturated heterocycles. The lowest BCUT2D eigenvalue weighted by Gasteiger charge is -2.31. The zero-order valence-corrected chi connectivity index (χ0v) is 15.0. The first-order valence-electron chi connectivity index (χ1n) is 7.70. The topological polar surface area (TPSA) is 41.6 Å². The summed E-state index contributed by atoms with van der Waals surface area (Å²) in [4.78, 5) is 14.1. The summed E-state index contributed by atoms with van der Waals surface area (Å²) in [5.74, 6) is 0.822. The maximum Gasteiger partial charge on any atom is 0.387 e. The maximum absolute atomic E-state index is 12.1. The Bertz CT molecular complexity index is 562. The molecule has 0 atom stereocenters. The molecule has 24 heavy (non-hydrogen) atoms. The number of thioether (sulfide) groups is 1. The summed E-state index contributed by atoms with van der Waals surface area (Å²) in [6, 6.07) is 5.80. The highest BCUT2D eigenvalue weighted by atomic mass is 32.2. The summed E-state index contributed by atoms with van der Waals surface area (Å²) in [6.07, 6.45) is 2.25. The molecule has 1 aliphatic heterocycles. The van der Waals surface area contributed by atoms with Gasteiger partial charge in [0.05, 0.1) is 5.75 Å². The molecule has 1 aromatic carbocycles. The van der Waals surface area contributed by atoms with Crippen LogP contribution in [0.25, 0.3) is 0 Å². The molecule has 1 fully saturated rings. The van der Waals surface area contributed by atoms with Crippen molar-refractivity contribution < 1.29 is 18.3 Å². The van der Waals surface area contributed by atoms with Crippen LogP contribution in [0.5, 0.6) is 5.75 Å². The van der Waals surface area contributed by atoms with E-state index in [9.17, 15) is 13.6 Å². The molecule has 1 N–H and O–H groups in total. The summed E-state index contributed by atoms with van der Waals surface area (Å²) in [6.45, 7) is 1.26. The van der Waals surface area contributed by atoms with Crippen molar-refractivity contribution in [2.45, 2.75) is 26.4 Å². The van der Waals surface area contributed by atoms with E-state index in [1.807, 2.05) is 0 Å². The molecule has 0 radical (unpaired) electrons. The zero-order chi connectivity index (χ0) is 17.5. The maximum atomic E-state index is 12.1. The predicted octanol–water partition coefficient (Wildman–Crippen LogP) is 3.98. The molecule has 0 spiro atoms. The number of thiocarbonyl (C=S) groups is 1. The number of nitrogens with zero attached hydrogens (tertiary/aromatic N) is 1. The summed E-state index contributed by atoms with van der Waals surface area (Å²) in [5, 5.41) is 2.71. The Labute approximate surface area is 149 Å². The Kier molecular flexibility index (Phi) is 7.23. The van der Waals surface area contributed by atoms with Crippen LogP contribution in [-0.4, -0.2) is 40.6 Å². The van der Waals surface area contributed by atoms with Crippen molar-refractivity contribution in [3.05, 3.63) is 24.3 Å². The van der Waals surface area contributed by atoms with Gasteiger partial charge in [-0.2, -0.15) is 8.78 Å². The third kappa shape index (κ3) is 6.24. The minimum absolute atomic E-state index is 0.0536. The fourth-order valence-corrected chi connectivity index (χ4v) is 3.38. The van der Waals surface area contributed by atoms with Gasteiger partial charge in [-0.15, -0.1) is 0 Å². The molecular formula is C16H20F2N2O2S2.